The van der Waals surface area contributed by atoms with Crippen molar-refractivity contribution in [1.29, 1.82) is 0 Å². The van der Waals surface area contributed by atoms with Crippen LogP contribution in [0.2, 0.25) is 0 Å². The van der Waals surface area contributed by atoms with Gasteiger partial charge in [0, 0.05) is 0 Å². The fourth-order valence-corrected chi connectivity index (χ4v) is 2.49. The zero-order valence-electron chi connectivity index (χ0n) is 9.47. The highest BCUT2D eigenvalue weighted by Crippen LogP contribution is 2.38. The minimum absolute atomic E-state index is 0.0626. The van der Waals surface area contributed by atoms with Gasteiger partial charge in [-0.25, -0.2) is 0 Å². The normalized spacial score (nSPS) is 13.4. The zero-order valence-corrected chi connectivity index (χ0v) is 11.1. The predicted octanol–water partition coefficient (Wildman–Crippen LogP) is 3.79. The number of hydrogen-bond donors (Lipinski definition) is 0. The van der Waals surface area contributed by atoms with Crippen molar-refractivity contribution in [3.8, 4) is 11.5 Å². The summed E-state index contributed by atoms with van der Waals surface area (Å²) in [5, 5.41) is 0. The predicted molar refractivity (Wildman–Crippen MR) is 73.6 cm³/mol. The van der Waals surface area contributed by atoms with E-state index in [1.807, 2.05) is 42.5 Å². The summed E-state index contributed by atoms with van der Waals surface area (Å²) in [6, 6.07) is 14.8. The van der Waals surface area contributed by atoms with E-state index in [1.165, 1.54) is 0 Å². The van der Waals surface area contributed by atoms with Crippen molar-refractivity contribution in [3.63, 3.8) is 0 Å². The quantitative estimate of drug-likeness (QED) is 0.592. The van der Waals surface area contributed by atoms with Crippen LogP contribution in [0.4, 0.5) is 5.69 Å². The first-order valence-electron chi connectivity index (χ1n) is 5.55. The van der Waals surface area contributed by atoms with Crippen molar-refractivity contribution >= 4 is 27.5 Å². The Morgan fingerprint density at radius 3 is 2.44 bits per heavy atom. The first-order chi connectivity index (χ1) is 8.81. The van der Waals surface area contributed by atoms with Gasteiger partial charge < -0.3 is 4.74 Å². The second kappa shape index (κ2) is 4.46. The Morgan fingerprint density at radius 1 is 1.00 bits per heavy atom. The van der Waals surface area contributed by atoms with Gasteiger partial charge in [-0.05, 0) is 24.3 Å². The number of alkyl halides is 1. The van der Waals surface area contributed by atoms with Crippen molar-refractivity contribution in [2.75, 3.05) is 10.4 Å². The molecule has 0 atom stereocenters. The van der Waals surface area contributed by atoms with E-state index < -0.39 is 0 Å². The summed E-state index contributed by atoms with van der Waals surface area (Å²) in [6.07, 6.45) is 0. The Morgan fingerprint density at radius 2 is 1.67 bits per heavy atom. The van der Waals surface area contributed by atoms with Crippen molar-refractivity contribution in [2.24, 2.45) is 0 Å². The van der Waals surface area contributed by atoms with Gasteiger partial charge in [-0.15, -0.1) is 0 Å². The molecule has 1 aliphatic rings. The molecule has 3 rings (SSSR count). The number of fused-ring (bicyclic) bond motifs is 2. The number of halogens is 1. The first kappa shape index (κ1) is 11.3. The molecule has 2 aromatic rings. The highest BCUT2D eigenvalue weighted by atomic mass is 79.9. The molecule has 0 bridgehead atoms. The number of ether oxygens (including phenoxy) is 1. The molecule has 90 valence electrons. The second-order valence-electron chi connectivity index (χ2n) is 3.92. The van der Waals surface area contributed by atoms with Gasteiger partial charge in [-0.1, -0.05) is 40.2 Å². The Balaban J connectivity index is 2.23. The first-order valence-corrected chi connectivity index (χ1v) is 6.67. The SMILES string of the molecule is O=C1c2ccccc2Oc2ccccc2N1CBr. The van der Waals surface area contributed by atoms with E-state index in [0.717, 1.165) is 5.69 Å². The van der Waals surface area contributed by atoms with Crippen LogP contribution in [0.3, 0.4) is 0 Å². The van der Waals surface area contributed by atoms with Crippen molar-refractivity contribution in [2.45, 2.75) is 0 Å². The fraction of sp³-hybridized carbons (Fsp3) is 0.0714. The molecule has 3 nitrogen and oxygen atoms in total. The maximum absolute atomic E-state index is 12.4. The van der Waals surface area contributed by atoms with E-state index in [1.54, 1.807) is 11.0 Å². The molecule has 0 saturated carbocycles. The van der Waals surface area contributed by atoms with Crippen LogP contribution in [0.15, 0.2) is 48.5 Å². The molecule has 0 unspecified atom stereocenters. The summed E-state index contributed by atoms with van der Waals surface area (Å²) in [4.78, 5) is 14.1. The monoisotopic (exact) mass is 303 g/mol. The maximum atomic E-state index is 12.4. The van der Waals surface area contributed by atoms with Gasteiger partial charge in [0.15, 0.2) is 5.75 Å². The fourth-order valence-electron chi connectivity index (χ4n) is 1.99. The Hall–Kier alpha value is -1.81. The number of carbonyl (C=O) groups excluding carboxylic acids is 1. The van der Waals surface area contributed by atoms with Gasteiger partial charge >= 0.3 is 0 Å². The van der Waals surface area contributed by atoms with Crippen molar-refractivity contribution in [1.82, 2.24) is 0 Å². The smallest absolute Gasteiger partial charge is 0.262 e. The zero-order chi connectivity index (χ0) is 12.5. The van der Waals surface area contributed by atoms with E-state index in [2.05, 4.69) is 15.9 Å². The average Bonchev–Trinajstić information content (AvgIpc) is 2.53. The minimum atomic E-state index is -0.0626. The summed E-state index contributed by atoms with van der Waals surface area (Å²) in [6.45, 7) is 0. The molecular weight excluding hydrogens is 294 g/mol. The van der Waals surface area contributed by atoms with Crippen molar-refractivity contribution < 1.29 is 9.53 Å². The summed E-state index contributed by atoms with van der Waals surface area (Å²) >= 11 is 3.36. The number of benzene rings is 2. The van der Waals surface area contributed by atoms with E-state index in [9.17, 15) is 4.79 Å². The van der Waals surface area contributed by atoms with Crippen LogP contribution in [-0.4, -0.2) is 11.4 Å². The minimum Gasteiger partial charge on any atom is -0.454 e. The number of carbonyl (C=O) groups is 1. The lowest BCUT2D eigenvalue weighted by Crippen LogP contribution is -2.28. The Kier molecular flexibility index (Phi) is 2.80. The van der Waals surface area contributed by atoms with Crippen LogP contribution in [-0.2, 0) is 0 Å². The van der Waals surface area contributed by atoms with Crippen LogP contribution < -0.4 is 9.64 Å². The third-order valence-corrected chi connectivity index (χ3v) is 3.36. The third-order valence-electron chi connectivity index (χ3n) is 2.86. The van der Waals surface area contributed by atoms with Crippen LogP contribution in [0.1, 0.15) is 10.4 Å². The number of rotatable bonds is 1. The highest BCUT2D eigenvalue weighted by molar-refractivity contribution is 9.09. The van der Waals surface area contributed by atoms with Crippen LogP contribution in [0.25, 0.3) is 0 Å². The van der Waals surface area contributed by atoms with Gasteiger partial charge in [0.25, 0.3) is 5.91 Å². The Bertz CT molecular complexity index is 612. The molecule has 2 aromatic carbocycles. The molecule has 0 fully saturated rings. The van der Waals surface area contributed by atoms with Gasteiger partial charge in [0.05, 0.1) is 16.7 Å². The third kappa shape index (κ3) is 1.69. The molecule has 1 amide bonds. The average molecular weight is 304 g/mol. The molecule has 1 aliphatic heterocycles. The molecule has 18 heavy (non-hydrogen) atoms. The number of nitrogens with zero attached hydrogens (tertiary/aromatic N) is 1. The topological polar surface area (TPSA) is 29.5 Å². The summed E-state index contributed by atoms with van der Waals surface area (Å²) in [7, 11) is 0. The van der Waals surface area contributed by atoms with Gasteiger partial charge in [0.1, 0.15) is 5.75 Å². The maximum Gasteiger partial charge on any atom is 0.262 e. The summed E-state index contributed by atoms with van der Waals surface area (Å²) < 4.78 is 5.82. The summed E-state index contributed by atoms with van der Waals surface area (Å²) in [5.41, 5.74) is 1.78. The molecular formula is C14H10BrNO2. The van der Waals surface area contributed by atoms with Crippen LogP contribution in [0, 0.1) is 0 Å². The van der Waals surface area contributed by atoms with E-state index in [-0.39, 0.29) is 5.91 Å². The molecule has 1 heterocycles. The number of anilines is 1. The van der Waals surface area contributed by atoms with E-state index >= 15 is 0 Å². The summed E-state index contributed by atoms with van der Waals surface area (Å²) in [5.74, 6) is 1.22. The molecule has 4 heteroatoms. The number of amides is 1. The molecule has 0 saturated heterocycles. The van der Waals surface area contributed by atoms with Gasteiger partial charge in [0.2, 0.25) is 0 Å². The molecule has 0 spiro atoms. The largest absolute Gasteiger partial charge is 0.454 e. The van der Waals surface area contributed by atoms with E-state index in [4.69, 9.17) is 4.74 Å². The van der Waals surface area contributed by atoms with Gasteiger partial charge in [-0.2, -0.15) is 0 Å². The Labute approximate surface area is 113 Å². The molecule has 0 radical (unpaired) electrons. The van der Waals surface area contributed by atoms with Crippen LogP contribution >= 0.6 is 15.9 Å². The van der Waals surface area contributed by atoms with Gasteiger partial charge in [-0.3, -0.25) is 9.69 Å². The van der Waals surface area contributed by atoms with Crippen molar-refractivity contribution in [3.05, 3.63) is 54.1 Å². The highest BCUT2D eigenvalue weighted by Gasteiger charge is 2.26. The van der Waals surface area contributed by atoms with Crippen LogP contribution in [0.5, 0.6) is 11.5 Å². The molecule has 0 aliphatic carbocycles. The molecule has 0 N–H and O–H groups in total. The molecule has 0 aromatic heterocycles. The number of hydrogen-bond acceptors (Lipinski definition) is 2. The lowest BCUT2D eigenvalue weighted by molar-refractivity contribution is 0.0992. The lowest BCUT2D eigenvalue weighted by atomic mass is 10.2. The second-order valence-corrected chi connectivity index (χ2v) is 4.42. The number of para-hydroxylation sites is 3. The standard InChI is InChI=1S/C14H10BrNO2/c15-9-16-11-6-2-4-8-13(11)18-12-7-3-1-5-10(12)14(16)17/h1-8H,9H2. The van der Waals surface area contributed by atoms with E-state index in [0.29, 0.717) is 22.5 Å². The lowest BCUT2D eigenvalue weighted by Gasteiger charge is -2.18.